The molecule has 0 amide bonds. The largest absolute Gasteiger partial charge is 0.455 e. The predicted octanol–water partition coefficient (Wildman–Crippen LogP) is 11.0. The van der Waals surface area contributed by atoms with Gasteiger partial charge in [0, 0.05) is 47.2 Å². The van der Waals surface area contributed by atoms with Crippen molar-refractivity contribution in [3.63, 3.8) is 0 Å². The minimum atomic E-state index is -2.63. The van der Waals surface area contributed by atoms with Crippen molar-refractivity contribution in [2.75, 3.05) is 0 Å². The van der Waals surface area contributed by atoms with Gasteiger partial charge in [-0.15, -0.1) is 0 Å². The number of benzene rings is 3. The number of nitrogens with zero attached hydrogens (tertiary/aromatic N) is 4. The summed E-state index contributed by atoms with van der Waals surface area (Å²) in [5, 5.41) is 1.68. The van der Waals surface area contributed by atoms with Gasteiger partial charge in [-0.1, -0.05) is 98.7 Å². The first-order chi connectivity index (χ1) is 24.3. The Bertz CT molecular complexity index is 2340. The van der Waals surface area contributed by atoms with Gasteiger partial charge in [-0.2, -0.15) is 0 Å². The molecule has 0 aliphatic rings. The first-order valence-corrected chi connectivity index (χ1v) is 15.7. The molecule has 0 spiro atoms. The number of furan rings is 1. The Hall–Kier alpha value is -4.38. The van der Waals surface area contributed by atoms with Crippen molar-refractivity contribution in [3.8, 4) is 33.8 Å². The van der Waals surface area contributed by atoms with Gasteiger partial charge in [0.2, 0.25) is 0 Å². The highest BCUT2D eigenvalue weighted by molar-refractivity contribution is 6.10. The fraction of sp³-hybridized carbons (Fsp3) is 0.366. The molecule has 3 heterocycles. The van der Waals surface area contributed by atoms with Crippen LogP contribution >= 0.6 is 0 Å². The molecule has 46 heavy (non-hydrogen) atoms. The molecular weight excluding hydrogens is 564 g/mol. The molecule has 5 heteroatoms. The quantitative estimate of drug-likeness (QED) is 0.197. The molecule has 6 aromatic rings. The third kappa shape index (κ3) is 6.20. The standard InChI is InChI=1S/C41H46N4O/c1-24-19-26(22-39(3,4)5)15-17-28(24)32-21-33(42-23-25(32)2)31-14-12-13-30-29-18-16-27(20-34(29)46-35(30)31)36-43-37(40(6,7)8)45-38(44-36)41(9,10)11/h12-21,23H,22H2,1-11H3/i1D3,2D3,17D. The topological polar surface area (TPSA) is 64.7 Å². The number of aryl methyl sites for hydroxylation is 2. The van der Waals surface area contributed by atoms with E-state index in [2.05, 4.69) is 46.5 Å². The van der Waals surface area contributed by atoms with Gasteiger partial charge in [0.1, 0.15) is 22.8 Å². The third-order valence-electron chi connectivity index (χ3n) is 7.92. The Labute approximate surface area is 283 Å². The van der Waals surface area contributed by atoms with Crippen LogP contribution in [0.4, 0.5) is 0 Å². The average molecular weight is 618 g/mol. The van der Waals surface area contributed by atoms with Gasteiger partial charge < -0.3 is 4.42 Å². The van der Waals surface area contributed by atoms with E-state index >= 15 is 0 Å². The van der Waals surface area contributed by atoms with Crippen LogP contribution < -0.4 is 0 Å². The van der Waals surface area contributed by atoms with Gasteiger partial charge in [-0.3, -0.25) is 4.98 Å². The van der Waals surface area contributed by atoms with E-state index in [1.165, 1.54) is 6.20 Å². The molecule has 6 rings (SSSR count). The SMILES string of the molecule is [2H]c1cc(CC(C)(C)C)cc(C([2H])([2H])[2H])c1-c1cc(-c2cccc3c2oc2cc(-c4nc(C(C)(C)C)nc(C(C)(C)C)n4)ccc23)ncc1C([2H])([2H])[2H]. The fourth-order valence-electron chi connectivity index (χ4n) is 5.60. The second-order valence-corrected chi connectivity index (χ2v) is 15.5. The van der Waals surface area contributed by atoms with Crippen LogP contribution in [0, 0.1) is 19.1 Å². The molecule has 0 aliphatic heterocycles. The first kappa shape index (κ1) is 23.9. The number of pyridine rings is 1. The summed E-state index contributed by atoms with van der Waals surface area (Å²) in [5.74, 6) is 1.94. The lowest BCUT2D eigenvalue weighted by molar-refractivity contribution is 0.411. The molecule has 0 saturated carbocycles. The highest BCUT2D eigenvalue weighted by Crippen LogP contribution is 2.39. The van der Waals surface area contributed by atoms with Crippen molar-refractivity contribution in [2.45, 2.75) is 93.3 Å². The number of para-hydroxylation sites is 1. The van der Waals surface area contributed by atoms with E-state index in [4.69, 9.17) is 29.0 Å². The van der Waals surface area contributed by atoms with E-state index < -0.39 is 13.7 Å². The zero-order valence-corrected chi connectivity index (χ0v) is 28.2. The molecule has 0 radical (unpaired) electrons. The van der Waals surface area contributed by atoms with Crippen molar-refractivity contribution in [3.05, 3.63) is 95.2 Å². The van der Waals surface area contributed by atoms with E-state index in [0.717, 1.165) is 16.3 Å². The summed E-state index contributed by atoms with van der Waals surface area (Å²) >= 11 is 0. The van der Waals surface area contributed by atoms with E-state index in [9.17, 15) is 0 Å². The van der Waals surface area contributed by atoms with Gasteiger partial charge in [-0.05, 0) is 77.6 Å². The Morgan fingerprint density at radius 2 is 1.43 bits per heavy atom. The number of hydrogen-bond donors (Lipinski definition) is 0. The smallest absolute Gasteiger partial charge is 0.163 e. The van der Waals surface area contributed by atoms with Crippen molar-refractivity contribution < 1.29 is 14.0 Å². The number of rotatable bonds is 4. The molecule has 3 aromatic carbocycles. The summed E-state index contributed by atoms with van der Waals surface area (Å²) < 4.78 is 65.9. The molecule has 0 saturated heterocycles. The maximum atomic E-state index is 9.06. The second kappa shape index (κ2) is 11.2. The molecule has 0 aliphatic carbocycles. The van der Waals surface area contributed by atoms with E-state index in [1.54, 1.807) is 18.2 Å². The van der Waals surface area contributed by atoms with Crippen molar-refractivity contribution in [1.29, 1.82) is 0 Å². The Morgan fingerprint density at radius 3 is 2.09 bits per heavy atom. The van der Waals surface area contributed by atoms with Crippen molar-refractivity contribution >= 4 is 21.9 Å². The van der Waals surface area contributed by atoms with Crippen molar-refractivity contribution in [1.82, 2.24) is 19.9 Å². The first-order valence-electron chi connectivity index (χ1n) is 19.2. The highest BCUT2D eigenvalue weighted by Gasteiger charge is 2.26. The summed E-state index contributed by atoms with van der Waals surface area (Å²) in [6.45, 7) is 13.3. The second-order valence-electron chi connectivity index (χ2n) is 15.5. The number of aromatic nitrogens is 4. The Morgan fingerprint density at radius 1 is 0.717 bits per heavy atom. The lowest BCUT2D eigenvalue weighted by atomic mass is 9.86. The number of hydrogen-bond acceptors (Lipinski definition) is 5. The van der Waals surface area contributed by atoms with E-state index in [-0.39, 0.29) is 44.5 Å². The van der Waals surface area contributed by atoms with Crippen LogP contribution in [0.3, 0.4) is 0 Å². The molecule has 0 unspecified atom stereocenters. The zero-order chi connectivity index (χ0) is 39.1. The fourth-order valence-corrected chi connectivity index (χ4v) is 5.60. The molecule has 0 atom stereocenters. The predicted molar refractivity (Wildman–Crippen MR) is 191 cm³/mol. The number of fused-ring (bicyclic) bond motifs is 3. The van der Waals surface area contributed by atoms with Crippen LogP contribution in [0.15, 0.2) is 71.3 Å². The molecule has 0 N–H and O–H groups in total. The molecule has 5 nitrogen and oxygen atoms in total. The van der Waals surface area contributed by atoms with Crippen LogP contribution in [-0.2, 0) is 17.3 Å². The highest BCUT2D eigenvalue weighted by atomic mass is 16.3. The monoisotopic (exact) mass is 617 g/mol. The average Bonchev–Trinajstić information content (AvgIpc) is 3.40. The van der Waals surface area contributed by atoms with Gasteiger partial charge in [0.25, 0.3) is 0 Å². The summed E-state index contributed by atoms with van der Waals surface area (Å²) in [6.07, 6.45) is 1.82. The maximum Gasteiger partial charge on any atom is 0.163 e. The lowest BCUT2D eigenvalue weighted by Crippen LogP contribution is -2.24. The summed E-state index contributed by atoms with van der Waals surface area (Å²) in [4.78, 5) is 19.1. The molecule has 236 valence electrons. The molecular formula is C41H46N4O. The third-order valence-corrected chi connectivity index (χ3v) is 7.92. The van der Waals surface area contributed by atoms with Gasteiger partial charge in [-0.25, -0.2) is 15.0 Å². The van der Waals surface area contributed by atoms with Crippen LogP contribution in [0.25, 0.3) is 55.7 Å². The minimum absolute atomic E-state index is 0.0560. The molecule has 3 aromatic heterocycles. The minimum Gasteiger partial charge on any atom is -0.455 e. The van der Waals surface area contributed by atoms with Crippen LogP contribution in [0.2, 0.25) is 0 Å². The molecule has 0 fully saturated rings. The van der Waals surface area contributed by atoms with Crippen LogP contribution in [0.5, 0.6) is 0 Å². The summed E-state index contributed by atoms with van der Waals surface area (Å²) in [7, 11) is 0. The van der Waals surface area contributed by atoms with Crippen LogP contribution in [0.1, 0.15) is 100 Å². The van der Waals surface area contributed by atoms with Crippen molar-refractivity contribution in [2.24, 2.45) is 5.41 Å². The Kier molecular flexibility index (Phi) is 5.79. The van der Waals surface area contributed by atoms with Gasteiger partial charge >= 0.3 is 0 Å². The lowest BCUT2D eigenvalue weighted by Gasteiger charge is -2.22. The van der Waals surface area contributed by atoms with E-state index in [0.29, 0.717) is 51.9 Å². The maximum absolute atomic E-state index is 9.06. The van der Waals surface area contributed by atoms with Crippen LogP contribution in [-0.4, -0.2) is 19.9 Å². The Balaban J connectivity index is 1.55. The zero-order valence-electron chi connectivity index (χ0n) is 35.2. The molecule has 0 bridgehead atoms. The normalized spacial score (nSPS) is 15.5. The van der Waals surface area contributed by atoms with Gasteiger partial charge in [0.15, 0.2) is 5.82 Å². The van der Waals surface area contributed by atoms with Gasteiger partial charge in [0.05, 0.1) is 7.06 Å². The summed E-state index contributed by atoms with van der Waals surface area (Å²) in [6, 6.07) is 16.3. The van der Waals surface area contributed by atoms with E-state index in [1.807, 2.05) is 57.2 Å². The summed E-state index contributed by atoms with van der Waals surface area (Å²) in [5.41, 5.74) is 2.83.